The van der Waals surface area contributed by atoms with Gasteiger partial charge in [0.2, 0.25) is 5.91 Å². The molecule has 92 valence electrons. The van der Waals surface area contributed by atoms with Gasteiger partial charge in [-0.05, 0) is 0 Å². The van der Waals surface area contributed by atoms with E-state index in [0.29, 0.717) is 18.8 Å². The number of hydrogen-bond donors (Lipinski definition) is 4. The van der Waals surface area contributed by atoms with Gasteiger partial charge >= 0.3 is 5.97 Å². The molecule has 0 aliphatic carbocycles. The monoisotopic (exact) mass is 238 g/mol. The molecule has 0 spiro atoms. The van der Waals surface area contributed by atoms with Crippen LogP contribution in [0, 0.1) is 5.92 Å². The van der Waals surface area contributed by atoms with Gasteiger partial charge in [-0.3, -0.25) is 4.79 Å². The lowest BCUT2D eigenvalue weighted by atomic mass is 10.0. The zero-order chi connectivity index (χ0) is 12.3. The van der Waals surface area contributed by atoms with E-state index in [1.807, 2.05) is 0 Å². The van der Waals surface area contributed by atoms with Crippen LogP contribution < -0.4 is 10.6 Å². The molecule has 1 amide bonds. The van der Waals surface area contributed by atoms with Crippen molar-refractivity contribution in [3.63, 3.8) is 0 Å². The van der Waals surface area contributed by atoms with Crippen LogP contribution in [0.15, 0.2) is 12.5 Å². The maximum Gasteiger partial charge on any atom is 0.326 e. The highest BCUT2D eigenvalue weighted by molar-refractivity contribution is 5.85. The summed E-state index contributed by atoms with van der Waals surface area (Å²) < 4.78 is 0. The average Bonchev–Trinajstić information content (AvgIpc) is 2.66. The first-order valence-corrected chi connectivity index (χ1v) is 5.38. The molecule has 1 aliphatic heterocycles. The Bertz CT molecular complexity index is 400. The number of carboxylic acid groups (broad SMARTS) is 1. The van der Waals surface area contributed by atoms with Crippen LogP contribution in [0.4, 0.5) is 0 Å². The van der Waals surface area contributed by atoms with Crippen LogP contribution in [-0.2, 0) is 16.0 Å². The molecule has 7 heteroatoms. The number of carbonyl (C=O) groups is 2. The molecule has 1 atom stereocenters. The SMILES string of the molecule is O=C(NC(Cc1cnc[nH]1)C(=O)O)C1CNC1. The molecule has 2 heterocycles. The summed E-state index contributed by atoms with van der Waals surface area (Å²) in [5, 5.41) is 14.5. The minimum atomic E-state index is -1.04. The molecule has 1 fully saturated rings. The second-order valence-corrected chi connectivity index (χ2v) is 4.04. The van der Waals surface area contributed by atoms with E-state index >= 15 is 0 Å². The average molecular weight is 238 g/mol. The van der Waals surface area contributed by atoms with Crippen molar-refractivity contribution in [3.05, 3.63) is 18.2 Å². The van der Waals surface area contributed by atoms with Gasteiger partial charge in [-0.2, -0.15) is 0 Å². The Balaban J connectivity index is 1.92. The molecule has 1 aromatic rings. The third kappa shape index (κ3) is 2.82. The molecule has 1 aromatic heterocycles. The summed E-state index contributed by atoms with van der Waals surface area (Å²) in [5.41, 5.74) is 0.685. The first-order valence-electron chi connectivity index (χ1n) is 5.38. The summed E-state index contributed by atoms with van der Waals surface area (Å²) >= 11 is 0. The Morgan fingerprint density at radius 2 is 2.35 bits per heavy atom. The molecule has 0 saturated carbocycles. The van der Waals surface area contributed by atoms with Gasteiger partial charge < -0.3 is 20.7 Å². The fourth-order valence-electron chi connectivity index (χ4n) is 1.58. The van der Waals surface area contributed by atoms with Crippen LogP contribution in [0.3, 0.4) is 0 Å². The van der Waals surface area contributed by atoms with E-state index in [-0.39, 0.29) is 18.2 Å². The van der Waals surface area contributed by atoms with Crippen LogP contribution in [0.1, 0.15) is 5.69 Å². The smallest absolute Gasteiger partial charge is 0.326 e. The summed E-state index contributed by atoms with van der Waals surface area (Å²) in [4.78, 5) is 29.3. The van der Waals surface area contributed by atoms with Crippen LogP contribution in [0.2, 0.25) is 0 Å². The molecule has 1 aliphatic rings. The number of aromatic nitrogens is 2. The number of hydrogen-bond acceptors (Lipinski definition) is 4. The Hall–Kier alpha value is -1.89. The Morgan fingerprint density at radius 3 is 2.82 bits per heavy atom. The van der Waals surface area contributed by atoms with Gasteiger partial charge in [0, 0.05) is 31.4 Å². The molecule has 1 unspecified atom stereocenters. The maximum absolute atomic E-state index is 11.6. The van der Waals surface area contributed by atoms with E-state index in [4.69, 9.17) is 5.11 Å². The second-order valence-electron chi connectivity index (χ2n) is 4.04. The van der Waals surface area contributed by atoms with Crippen molar-refractivity contribution < 1.29 is 14.7 Å². The molecule has 4 N–H and O–H groups in total. The van der Waals surface area contributed by atoms with Crippen molar-refractivity contribution in [3.8, 4) is 0 Å². The minimum Gasteiger partial charge on any atom is -0.480 e. The lowest BCUT2D eigenvalue weighted by molar-refractivity contribution is -0.142. The number of aliphatic carboxylic acids is 1. The third-order valence-electron chi connectivity index (χ3n) is 2.75. The van der Waals surface area contributed by atoms with Gasteiger partial charge in [0.1, 0.15) is 6.04 Å². The van der Waals surface area contributed by atoms with Crippen molar-refractivity contribution in [1.82, 2.24) is 20.6 Å². The van der Waals surface area contributed by atoms with E-state index in [1.165, 1.54) is 6.33 Å². The number of nitrogens with zero attached hydrogens (tertiary/aromatic N) is 1. The zero-order valence-corrected chi connectivity index (χ0v) is 9.14. The number of nitrogens with one attached hydrogen (secondary N) is 3. The summed E-state index contributed by atoms with van der Waals surface area (Å²) in [6.07, 6.45) is 3.24. The normalized spacial score (nSPS) is 17.2. The number of carboxylic acids is 1. The summed E-state index contributed by atoms with van der Waals surface area (Å²) in [6.45, 7) is 1.23. The van der Waals surface area contributed by atoms with Gasteiger partial charge in [0.05, 0.1) is 12.2 Å². The van der Waals surface area contributed by atoms with Crippen molar-refractivity contribution in [1.29, 1.82) is 0 Å². The predicted octanol–water partition coefficient (Wildman–Crippen LogP) is -1.26. The van der Waals surface area contributed by atoms with Gasteiger partial charge in [-0.1, -0.05) is 0 Å². The molecule has 2 rings (SSSR count). The largest absolute Gasteiger partial charge is 0.480 e. The molecule has 17 heavy (non-hydrogen) atoms. The van der Waals surface area contributed by atoms with Gasteiger partial charge in [0.15, 0.2) is 0 Å². The summed E-state index contributed by atoms with van der Waals surface area (Å²) in [7, 11) is 0. The molecule has 0 bridgehead atoms. The minimum absolute atomic E-state index is 0.112. The number of rotatable bonds is 5. The number of imidazole rings is 1. The molecule has 7 nitrogen and oxygen atoms in total. The predicted molar refractivity (Wildman–Crippen MR) is 58.2 cm³/mol. The van der Waals surface area contributed by atoms with E-state index in [9.17, 15) is 9.59 Å². The van der Waals surface area contributed by atoms with Crippen molar-refractivity contribution in [2.24, 2.45) is 5.92 Å². The van der Waals surface area contributed by atoms with E-state index < -0.39 is 12.0 Å². The topological polar surface area (TPSA) is 107 Å². The first kappa shape index (κ1) is 11.6. The van der Waals surface area contributed by atoms with Crippen LogP contribution >= 0.6 is 0 Å². The van der Waals surface area contributed by atoms with Crippen molar-refractivity contribution >= 4 is 11.9 Å². The highest BCUT2D eigenvalue weighted by Crippen LogP contribution is 2.05. The van der Waals surface area contributed by atoms with Gasteiger partial charge in [-0.15, -0.1) is 0 Å². The molecule has 1 saturated heterocycles. The van der Waals surface area contributed by atoms with E-state index in [2.05, 4.69) is 20.6 Å². The molecular weight excluding hydrogens is 224 g/mol. The number of carbonyl (C=O) groups excluding carboxylic acids is 1. The Morgan fingerprint density at radius 1 is 1.59 bits per heavy atom. The Labute approximate surface area is 97.6 Å². The van der Waals surface area contributed by atoms with E-state index in [1.54, 1.807) is 6.20 Å². The maximum atomic E-state index is 11.6. The quantitative estimate of drug-likeness (QED) is 0.512. The second kappa shape index (κ2) is 4.96. The highest BCUT2D eigenvalue weighted by Gasteiger charge is 2.29. The van der Waals surface area contributed by atoms with Crippen LogP contribution in [0.5, 0.6) is 0 Å². The summed E-state index contributed by atoms with van der Waals surface area (Å²) in [6, 6.07) is -0.913. The summed E-state index contributed by atoms with van der Waals surface area (Å²) in [5.74, 6) is -1.37. The molecule has 0 radical (unpaired) electrons. The Kier molecular flexibility index (Phi) is 3.38. The van der Waals surface area contributed by atoms with Gasteiger partial charge in [0.25, 0.3) is 0 Å². The standard InChI is InChI=1S/C10H14N4O3/c15-9(6-2-11-3-6)14-8(10(16)17)1-7-4-12-5-13-7/h4-6,8,11H,1-3H2,(H,12,13)(H,14,15)(H,16,17). The molecular formula is C10H14N4O3. The number of amides is 1. The lowest BCUT2D eigenvalue weighted by Gasteiger charge is -2.27. The number of H-pyrrole nitrogens is 1. The molecule has 0 aromatic carbocycles. The number of aromatic amines is 1. The van der Waals surface area contributed by atoms with Crippen molar-refractivity contribution in [2.75, 3.05) is 13.1 Å². The van der Waals surface area contributed by atoms with Crippen LogP contribution in [0.25, 0.3) is 0 Å². The fourth-order valence-corrected chi connectivity index (χ4v) is 1.58. The van der Waals surface area contributed by atoms with Gasteiger partial charge in [-0.25, -0.2) is 9.78 Å². The highest BCUT2D eigenvalue weighted by atomic mass is 16.4. The van der Waals surface area contributed by atoms with Crippen molar-refractivity contribution in [2.45, 2.75) is 12.5 Å². The lowest BCUT2D eigenvalue weighted by Crippen LogP contribution is -2.54. The van der Waals surface area contributed by atoms with Crippen LogP contribution in [-0.4, -0.2) is 46.1 Å². The first-order chi connectivity index (χ1) is 8.16. The van der Waals surface area contributed by atoms with E-state index in [0.717, 1.165) is 0 Å². The zero-order valence-electron chi connectivity index (χ0n) is 9.14. The third-order valence-corrected chi connectivity index (χ3v) is 2.75. The fraction of sp³-hybridized carbons (Fsp3) is 0.500.